The maximum absolute atomic E-state index is 12.7. The Labute approximate surface area is 393 Å². The van der Waals surface area contributed by atoms with Crippen molar-refractivity contribution in [2.24, 2.45) is 5.73 Å². The molecule has 64 heavy (non-hydrogen) atoms. The zero-order valence-electron chi connectivity index (χ0n) is 40.7. The molecule has 2 unspecified atom stereocenters. The molecule has 3 N–H and O–H groups in total. The molecule has 9 heteroatoms. The number of esters is 1. The van der Waals surface area contributed by atoms with Crippen LogP contribution in [0.3, 0.4) is 0 Å². The number of hydrogen-bond acceptors (Lipinski definition) is 7. The summed E-state index contributed by atoms with van der Waals surface area (Å²) in [5.41, 5.74) is 5.39. The van der Waals surface area contributed by atoms with Gasteiger partial charge >= 0.3 is 13.8 Å². The van der Waals surface area contributed by atoms with Crippen molar-refractivity contribution in [3.05, 3.63) is 109 Å². The summed E-state index contributed by atoms with van der Waals surface area (Å²) >= 11 is 0. The SMILES string of the molecule is CC/C=C\C/C=C\C/C=C\C/C=C\C/C=C\C/C=C\C/C=C\CCCCCC(=O)OC(COCCCCCCCCCCCC/C=C\C/C=C\CCCCC)COP(=O)(O)OCCN. The molecule has 0 fully saturated rings. The summed E-state index contributed by atoms with van der Waals surface area (Å²) in [6, 6.07) is 0. The molecular weight excluding hydrogens is 818 g/mol. The van der Waals surface area contributed by atoms with E-state index in [1.54, 1.807) is 0 Å². The van der Waals surface area contributed by atoms with E-state index >= 15 is 0 Å². The van der Waals surface area contributed by atoms with Crippen molar-refractivity contribution in [1.29, 1.82) is 0 Å². The summed E-state index contributed by atoms with van der Waals surface area (Å²) in [7, 11) is -4.30. The highest BCUT2D eigenvalue weighted by Crippen LogP contribution is 2.43. The van der Waals surface area contributed by atoms with E-state index in [0.717, 1.165) is 83.5 Å². The lowest BCUT2D eigenvalue weighted by Crippen LogP contribution is -2.28. The first kappa shape index (κ1) is 61.2. The van der Waals surface area contributed by atoms with Crippen molar-refractivity contribution in [2.75, 3.05) is 33.0 Å². The smallest absolute Gasteiger partial charge is 0.457 e. The first-order valence-corrected chi connectivity index (χ1v) is 26.9. The molecule has 0 radical (unpaired) electrons. The molecule has 0 spiro atoms. The molecular formula is C55H94NO7P. The van der Waals surface area contributed by atoms with E-state index < -0.39 is 13.9 Å². The van der Waals surface area contributed by atoms with Crippen LogP contribution in [-0.2, 0) is 27.9 Å². The minimum absolute atomic E-state index is 0.0879. The fraction of sp³-hybridized carbons (Fsp3) is 0.655. The van der Waals surface area contributed by atoms with Crippen LogP contribution in [0.25, 0.3) is 0 Å². The molecule has 0 aromatic carbocycles. The van der Waals surface area contributed by atoms with Gasteiger partial charge in [-0.05, 0) is 103 Å². The maximum atomic E-state index is 12.7. The molecule has 0 bridgehead atoms. The summed E-state index contributed by atoms with van der Waals surface area (Å²) in [4.78, 5) is 22.6. The number of phosphoric acid groups is 1. The lowest BCUT2D eigenvalue weighted by Gasteiger charge is -2.20. The number of rotatable bonds is 47. The second kappa shape index (κ2) is 51.1. The first-order chi connectivity index (χ1) is 31.4. The van der Waals surface area contributed by atoms with Gasteiger partial charge in [-0.3, -0.25) is 13.8 Å². The van der Waals surface area contributed by atoms with E-state index in [1.165, 1.54) is 83.5 Å². The van der Waals surface area contributed by atoms with Crippen LogP contribution in [0.15, 0.2) is 109 Å². The molecule has 0 aromatic heterocycles. The number of hydrogen-bond donors (Lipinski definition) is 2. The van der Waals surface area contributed by atoms with Gasteiger partial charge in [0.1, 0.15) is 6.10 Å². The Morgan fingerprint density at radius 3 is 1.31 bits per heavy atom. The Bertz CT molecular complexity index is 1350. The topological polar surface area (TPSA) is 117 Å². The highest BCUT2D eigenvalue weighted by molar-refractivity contribution is 7.47. The number of ether oxygens (including phenoxy) is 2. The van der Waals surface area contributed by atoms with Gasteiger partial charge in [-0.2, -0.15) is 0 Å². The Balaban J connectivity index is 4.08. The van der Waals surface area contributed by atoms with Gasteiger partial charge in [-0.25, -0.2) is 4.57 Å². The number of nitrogens with two attached hydrogens (primary N) is 1. The van der Waals surface area contributed by atoms with Crippen LogP contribution in [0.1, 0.15) is 194 Å². The van der Waals surface area contributed by atoms with Gasteiger partial charge in [-0.15, -0.1) is 0 Å². The number of unbranched alkanes of at least 4 members (excludes halogenated alkanes) is 16. The van der Waals surface area contributed by atoms with Crippen LogP contribution in [0.4, 0.5) is 0 Å². The zero-order chi connectivity index (χ0) is 46.5. The molecule has 0 saturated heterocycles. The Kier molecular flexibility index (Phi) is 48.9. The van der Waals surface area contributed by atoms with Gasteiger partial charge in [0.2, 0.25) is 0 Å². The average molecular weight is 912 g/mol. The van der Waals surface area contributed by atoms with E-state index in [2.05, 4.69) is 123 Å². The Morgan fingerprint density at radius 2 is 0.875 bits per heavy atom. The van der Waals surface area contributed by atoms with Crippen LogP contribution in [0.5, 0.6) is 0 Å². The minimum Gasteiger partial charge on any atom is -0.457 e. The van der Waals surface area contributed by atoms with E-state index in [4.69, 9.17) is 24.3 Å². The quantitative estimate of drug-likeness (QED) is 0.0268. The van der Waals surface area contributed by atoms with Crippen molar-refractivity contribution in [1.82, 2.24) is 0 Å². The predicted octanol–water partition coefficient (Wildman–Crippen LogP) is 16.0. The van der Waals surface area contributed by atoms with E-state index in [9.17, 15) is 14.3 Å². The van der Waals surface area contributed by atoms with E-state index in [1.807, 2.05) is 0 Å². The molecule has 0 amide bonds. The summed E-state index contributed by atoms with van der Waals surface area (Å²) in [6.45, 7) is 4.72. The zero-order valence-corrected chi connectivity index (χ0v) is 41.6. The number of carbonyl (C=O) groups excluding carboxylic acids is 1. The molecule has 366 valence electrons. The standard InChI is InChI=1S/C55H94NO7P/c1-3-5-7-9-11-13-15-17-19-21-23-25-26-27-28-29-30-32-34-36-38-40-42-44-46-48-55(57)63-54(53-62-64(58,59)61-51-49-56)52-60-50-47-45-43-41-39-37-35-33-31-24-22-20-18-16-14-12-10-8-6-4-2/h5,7,11-14,17-20,23,25,27-28,30,32,36,38,54H,3-4,6,8-10,15-16,21-22,24,26,29,31,33-35,37,39-53,56H2,1-2H3,(H,58,59)/b7-5-,13-11-,14-12-,19-17-,20-18-,25-23-,28-27-,32-30-,38-36-. The average Bonchev–Trinajstić information content (AvgIpc) is 3.29. The van der Waals surface area contributed by atoms with Gasteiger partial charge in [0.05, 0.1) is 19.8 Å². The third kappa shape index (κ3) is 50.2. The molecule has 8 nitrogen and oxygen atoms in total. The van der Waals surface area contributed by atoms with Gasteiger partial charge in [0, 0.05) is 19.6 Å². The van der Waals surface area contributed by atoms with Gasteiger partial charge in [0.15, 0.2) is 0 Å². The molecule has 2 atom stereocenters. The molecule has 0 aliphatic rings. The normalized spacial score (nSPS) is 14.2. The molecule has 0 aromatic rings. The third-order valence-electron chi connectivity index (χ3n) is 10.2. The Morgan fingerprint density at radius 1 is 0.484 bits per heavy atom. The monoisotopic (exact) mass is 912 g/mol. The second-order valence-electron chi connectivity index (χ2n) is 16.3. The summed E-state index contributed by atoms with van der Waals surface area (Å²) in [6.07, 6.45) is 69.7. The molecule has 0 aliphatic carbocycles. The second-order valence-corrected chi connectivity index (χ2v) is 17.7. The third-order valence-corrected chi connectivity index (χ3v) is 11.2. The molecule has 0 heterocycles. The van der Waals surface area contributed by atoms with Crippen LogP contribution in [0.2, 0.25) is 0 Å². The van der Waals surface area contributed by atoms with E-state index in [-0.39, 0.29) is 38.8 Å². The van der Waals surface area contributed by atoms with Crippen molar-refractivity contribution < 1.29 is 32.8 Å². The number of carbonyl (C=O) groups is 1. The summed E-state index contributed by atoms with van der Waals surface area (Å²) < 4.78 is 33.5. The first-order valence-electron chi connectivity index (χ1n) is 25.4. The highest BCUT2D eigenvalue weighted by Gasteiger charge is 2.25. The van der Waals surface area contributed by atoms with Gasteiger partial charge in [-0.1, -0.05) is 194 Å². The highest BCUT2D eigenvalue weighted by atomic mass is 31.2. The Hall–Kier alpha value is -2.84. The number of allylic oxidation sites excluding steroid dienone is 18. The molecule has 0 rings (SSSR count). The van der Waals surface area contributed by atoms with Gasteiger partial charge in [0.25, 0.3) is 0 Å². The number of phosphoric ester groups is 1. The fourth-order valence-corrected chi connectivity index (χ4v) is 7.24. The fourth-order valence-electron chi connectivity index (χ4n) is 6.48. The van der Waals surface area contributed by atoms with Crippen molar-refractivity contribution in [3.63, 3.8) is 0 Å². The van der Waals surface area contributed by atoms with Crippen LogP contribution in [-0.4, -0.2) is 49.9 Å². The van der Waals surface area contributed by atoms with Crippen LogP contribution in [0, 0.1) is 0 Å². The van der Waals surface area contributed by atoms with Crippen LogP contribution >= 0.6 is 7.82 Å². The summed E-state index contributed by atoms with van der Waals surface area (Å²) in [5, 5.41) is 0. The predicted molar refractivity (Wildman–Crippen MR) is 274 cm³/mol. The largest absolute Gasteiger partial charge is 0.472 e. The van der Waals surface area contributed by atoms with Crippen molar-refractivity contribution in [2.45, 2.75) is 200 Å². The maximum Gasteiger partial charge on any atom is 0.472 e. The summed E-state index contributed by atoms with van der Waals surface area (Å²) in [5.74, 6) is -0.366. The van der Waals surface area contributed by atoms with Gasteiger partial charge < -0.3 is 20.1 Å². The lowest BCUT2D eigenvalue weighted by atomic mass is 10.1. The van der Waals surface area contributed by atoms with Crippen molar-refractivity contribution in [3.8, 4) is 0 Å². The van der Waals surface area contributed by atoms with Crippen LogP contribution < -0.4 is 5.73 Å². The molecule has 0 aliphatic heterocycles. The lowest BCUT2D eigenvalue weighted by molar-refractivity contribution is -0.154. The molecule has 0 saturated carbocycles. The van der Waals surface area contributed by atoms with E-state index in [0.29, 0.717) is 13.0 Å². The minimum atomic E-state index is -4.30. The van der Waals surface area contributed by atoms with Crippen molar-refractivity contribution >= 4 is 13.8 Å².